The molecular weight excluding hydrogens is 228 g/mol. The maximum atomic E-state index is 10.9. The van der Waals surface area contributed by atoms with Gasteiger partial charge < -0.3 is 10.1 Å². The Bertz CT molecular complexity index is 587. The van der Waals surface area contributed by atoms with Gasteiger partial charge in [0.05, 0.1) is 21.6 Å². The zero-order valence-electron chi connectivity index (χ0n) is 8.33. The number of aromatic nitrogens is 2. The highest BCUT2D eigenvalue weighted by molar-refractivity contribution is 6.34. The quantitative estimate of drug-likeness (QED) is 0.843. The maximum absolute atomic E-state index is 10.9. The predicted octanol–water partition coefficient (Wildman–Crippen LogP) is 2.79. The van der Waals surface area contributed by atoms with Crippen LogP contribution in [-0.2, 0) is 0 Å². The largest absolute Gasteiger partial charge is 0.478 e. The van der Waals surface area contributed by atoms with Crippen LogP contribution in [0.25, 0.3) is 11.0 Å². The van der Waals surface area contributed by atoms with Crippen molar-refractivity contribution in [3.63, 3.8) is 0 Å². The van der Waals surface area contributed by atoms with Gasteiger partial charge in [0.2, 0.25) is 0 Å². The van der Waals surface area contributed by atoms with Crippen molar-refractivity contribution in [1.82, 2.24) is 9.97 Å². The number of imidazole rings is 1. The Morgan fingerprint density at radius 1 is 1.50 bits per heavy atom. The molecule has 0 saturated heterocycles. The van der Waals surface area contributed by atoms with Crippen LogP contribution in [0.2, 0.25) is 5.02 Å². The number of rotatable bonds is 2. The van der Waals surface area contributed by atoms with E-state index in [1.165, 1.54) is 6.07 Å². The topological polar surface area (TPSA) is 66.0 Å². The van der Waals surface area contributed by atoms with Gasteiger partial charge in [-0.25, -0.2) is 9.78 Å². The summed E-state index contributed by atoms with van der Waals surface area (Å²) in [6, 6.07) is 3.14. The first-order valence-corrected chi connectivity index (χ1v) is 5.45. The number of H-pyrrole nitrogens is 1. The standard InChI is InChI=1S/C11H9ClN2O2/c12-7-4-9-8(3-6(7)11(15)16)13-10(14-9)5-1-2-5/h3-5H,1-2H2,(H,13,14)(H,15,16). The van der Waals surface area contributed by atoms with E-state index >= 15 is 0 Å². The summed E-state index contributed by atoms with van der Waals surface area (Å²) in [7, 11) is 0. The SMILES string of the molecule is O=C(O)c1cc2nc(C3CC3)[nH]c2cc1Cl. The fraction of sp³-hybridized carbons (Fsp3) is 0.273. The molecule has 1 fully saturated rings. The Labute approximate surface area is 96.3 Å². The highest BCUT2D eigenvalue weighted by atomic mass is 35.5. The van der Waals surface area contributed by atoms with Crippen LogP contribution >= 0.6 is 11.6 Å². The average Bonchev–Trinajstić information content (AvgIpc) is 2.98. The lowest BCUT2D eigenvalue weighted by Crippen LogP contribution is -1.96. The first-order chi connectivity index (χ1) is 7.65. The first kappa shape index (κ1) is 9.66. The fourth-order valence-corrected chi connectivity index (χ4v) is 2.01. The molecule has 1 heterocycles. The van der Waals surface area contributed by atoms with Crippen LogP contribution in [0.5, 0.6) is 0 Å². The van der Waals surface area contributed by atoms with Gasteiger partial charge in [0, 0.05) is 5.92 Å². The van der Waals surface area contributed by atoms with Crippen molar-refractivity contribution in [3.05, 3.63) is 28.5 Å². The van der Waals surface area contributed by atoms with Gasteiger partial charge >= 0.3 is 5.97 Å². The average molecular weight is 237 g/mol. The lowest BCUT2D eigenvalue weighted by molar-refractivity contribution is 0.0697. The van der Waals surface area contributed by atoms with Crippen molar-refractivity contribution in [2.24, 2.45) is 0 Å². The second-order valence-electron chi connectivity index (χ2n) is 4.05. The van der Waals surface area contributed by atoms with Gasteiger partial charge in [0.25, 0.3) is 0 Å². The molecular formula is C11H9ClN2O2. The minimum absolute atomic E-state index is 0.100. The molecule has 3 rings (SSSR count). The van der Waals surface area contributed by atoms with E-state index in [1.807, 2.05) is 0 Å². The molecule has 0 aliphatic heterocycles. The summed E-state index contributed by atoms with van der Waals surface area (Å²) in [6.45, 7) is 0. The van der Waals surface area contributed by atoms with E-state index in [0.29, 0.717) is 11.4 Å². The van der Waals surface area contributed by atoms with Crippen molar-refractivity contribution in [2.45, 2.75) is 18.8 Å². The third-order valence-electron chi connectivity index (χ3n) is 2.78. The normalized spacial score (nSPS) is 15.6. The number of fused-ring (bicyclic) bond motifs is 1. The van der Waals surface area contributed by atoms with Crippen LogP contribution in [0.3, 0.4) is 0 Å². The summed E-state index contributed by atoms with van der Waals surface area (Å²) < 4.78 is 0. The molecule has 0 amide bonds. The van der Waals surface area contributed by atoms with Crippen molar-refractivity contribution in [2.75, 3.05) is 0 Å². The number of carbonyl (C=O) groups is 1. The lowest BCUT2D eigenvalue weighted by atomic mass is 10.2. The Balaban J connectivity index is 2.19. The van der Waals surface area contributed by atoms with Crippen molar-refractivity contribution < 1.29 is 9.90 Å². The second-order valence-corrected chi connectivity index (χ2v) is 4.46. The Kier molecular flexibility index (Phi) is 1.94. The molecule has 1 aliphatic carbocycles. The minimum atomic E-state index is -1.03. The summed E-state index contributed by atoms with van der Waals surface area (Å²) in [5.74, 6) is 0.427. The third-order valence-corrected chi connectivity index (χ3v) is 3.10. The van der Waals surface area contributed by atoms with Gasteiger partial charge in [-0.2, -0.15) is 0 Å². The van der Waals surface area contributed by atoms with Gasteiger partial charge in [-0.15, -0.1) is 0 Å². The van der Waals surface area contributed by atoms with Gasteiger partial charge in [0.15, 0.2) is 0 Å². The maximum Gasteiger partial charge on any atom is 0.337 e. The fourth-order valence-electron chi connectivity index (χ4n) is 1.76. The molecule has 16 heavy (non-hydrogen) atoms. The predicted molar refractivity (Wildman–Crippen MR) is 60.0 cm³/mol. The zero-order chi connectivity index (χ0) is 11.3. The van der Waals surface area contributed by atoms with E-state index < -0.39 is 5.97 Å². The molecule has 1 saturated carbocycles. The van der Waals surface area contributed by atoms with E-state index in [4.69, 9.17) is 16.7 Å². The molecule has 0 radical (unpaired) electrons. The van der Waals surface area contributed by atoms with Gasteiger partial charge in [-0.3, -0.25) is 0 Å². The Hall–Kier alpha value is -1.55. The smallest absolute Gasteiger partial charge is 0.337 e. The van der Waals surface area contributed by atoms with Crippen LogP contribution in [0, 0.1) is 0 Å². The summed E-state index contributed by atoms with van der Waals surface area (Å²) >= 11 is 5.87. The highest BCUT2D eigenvalue weighted by Gasteiger charge is 2.27. The molecule has 4 nitrogen and oxygen atoms in total. The Morgan fingerprint density at radius 3 is 2.88 bits per heavy atom. The monoisotopic (exact) mass is 236 g/mol. The van der Waals surface area contributed by atoms with Crippen LogP contribution in [-0.4, -0.2) is 21.0 Å². The van der Waals surface area contributed by atoms with Crippen molar-refractivity contribution in [1.29, 1.82) is 0 Å². The number of carboxylic acids is 1. The van der Waals surface area contributed by atoms with Crippen LogP contribution in [0.1, 0.15) is 34.9 Å². The minimum Gasteiger partial charge on any atom is -0.478 e. The number of carboxylic acid groups (broad SMARTS) is 1. The van der Waals surface area contributed by atoms with Crippen LogP contribution in [0.4, 0.5) is 0 Å². The number of hydrogen-bond acceptors (Lipinski definition) is 2. The molecule has 0 unspecified atom stereocenters. The molecule has 82 valence electrons. The third kappa shape index (κ3) is 1.46. The summed E-state index contributed by atoms with van der Waals surface area (Å²) in [4.78, 5) is 18.5. The molecule has 1 aromatic carbocycles. The van der Waals surface area contributed by atoms with E-state index in [1.54, 1.807) is 6.07 Å². The molecule has 1 aromatic heterocycles. The number of nitrogens with one attached hydrogen (secondary N) is 1. The van der Waals surface area contributed by atoms with E-state index in [9.17, 15) is 4.79 Å². The molecule has 5 heteroatoms. The first-order valence-electron chi connectivity index (χ1n) is 5.07. The van der Waals surface area contributed by atoms with E-state index in [-0.39, 0.29) is 10.6 Å². The van der Waals surface area contributed by atoms with E-state index in [2.05, 4.69) is 9.97 Å². The number of benzene rings is 1. The molecule has 0 atom stereocenters. The van der Waals surface area contributed by atoms with Crippen molar-refractivity contribution in [3.8, 4) is 0 Å². The molecule has 1 aliphatic rings. The molecule has 0 spiro atoms. The Morgan fingerprint density at radius 2 is 2.25 bits per heavy atom. The summed E-state index contributed by atoms with van der Waals surface area (Å²) in [5.41, 5.74) is 1.57. The second kappa shape index (κ2) is 3.22. The molecule has 2 aromatic rings. The van der Waals surface area contributed by atoms with Gasteiger partial charge in [-0.05, 0) is 25.0 Å². The van der Waals surface area contributed by atoms with Crippen LogP contribution in [0.15, 0.2) is 12.1 Å². The van der Waals surface area contributed by atoms with Crippen LogP contribution < -0.4 is 0 Å². The number of hydrogen-bond donors (Lipinski definition) is 2. The number of aromatic amines is 1. The van der Waals surface area contributed by atoms with Gasteiger partial charge in [0.1, 0.15) is 5.82 Å². The van der Waals surface area contributed by atoms with Crippen molar-refractivity contribution >= 4 is 28.6 Å². The summed E-state index contributed by atoms with van der Waals surface area (Å²) in [6.07, 6.45) is 2.30. The highest BCUT2D eigenvalue weighted by Crippen LogP contribution is 2.39. The van der Waals surface area contributed by atoms with Gasteiger partial charge in [-0.1, -0.05) is 11.6 Å². The lowest BCUT2D eigenvalue weighted by Gasteiger charge is -1.97. The number of nitrogens with zero attached hydrogens (tertiary/aromatic N) is 1. The van der Waals surface area contributed by atoms with E-state index in [0.717, 1.165) is 24.2 Å². The summed E-state index contributed by atoms with van der Waals surface area (Å²) in [5, 5.41) is 9.17. The number of aromatic carboxylic acids is 1. The number of halogens is 1. The molecule has 0 bridgehead atoms. The molecule has 2 N–H and O–H groups in total. The zero-order valence-corrected chi connectivity index (χ0v) is 9.08.